The Kier molecular flexibility index (Phi) is 4.55. The first-order chi connectivity index (χ1) is 9.50. The van der Waals surface area contributed by atoms with Crippen LogP contribution in [-0.4, -0.2) is 22.5 Å². The highest BCUT2D eigenvalue weighted by Gasteiger charge is 2.38. The monoisotopic (exact) mass is 315 g/mol. The van der Waals surface area contributed by atoms with Crippen molar-refractivity contribution in [3.63, 3.8) is 0 Å². The van der Waals surface area contributed by atoms with Crippen molar-refractivity contribution in [2.24, 2.45) is 10.9 Å². The van der Waals surface area contributed by atoms with Crippen LogP contribution in [-0.2, 0) is 0 Å². The minimum atomic E-state index is -0.759. The van der Waals surface area contributed by atoms with Crippen LogP contribution in [0.5, 0.6) is 0 Å². The summed E-state index contributed by atoms with van der Waals surface area (Å²) < 4.78 is 0. The predicted molar refractivity (Wildman–Crippen MR) is 80.8 cm³/mol. The topological polar surface area (TPSA) is 87.7 Å². The highest BCUT2D eigenvalue weighted by Crippen LogP contribution is 2.31. The molecular formula is C13H18ClN3O2S. The number of amides is 1. The van der Waals surface area contributed by atoms with E-state index in [1.165, 1.54) is 11.3 Å². The standard InChI is InChI=1S/C13H18ClN3O2S/c1-8-7-20-10(9(8)14)11(18)16-13(12(15)17-19)5-3-2-4-6-13/h7,19H,2-6H2,1H3,(H2,15,17)(H,16,18). The second-order valence-corrected chi connectivity index (χ2v) is 6.40. The number of carbonyl (C=O) groups excluding carboxylic acids is 1. The van der Waals surface area contributed by atoms with Crippen LogP contribution in [0.4, 0.5) is 0 Å². The highest BCUT2D eigenvalue weighted by atomic mass is 35.5. The van der Waals surface area contributed by atoms with Crippen LogP contribution in [0.15, 0.2) is 10.5 Å². The summed E-state index contributed by atoms with van der Waals surface area (Å²) >= 11 is 7.42. The lowest BCUT2D eigenvalue weighted by atomic mass is 9.80. The van der Waals surface area contributed by atoms with Crippen LogP contribution in [0.3, 0.4) is 0 Å². The molecule has 20 heavy (non-hydrogen) atoms. The van der Waals surface area contributed by atoms with Gasteiger partial charge in [0, 0.05) is 0 Å². The maximum Gasteiger partial charge on any atom is 0.263 e. The van der Waals surface area contributed by atoms with Crippen molar-refractivity contribution in [2.45, 2.75) is 44.6 Å². The van der Waals surface area contributed by atoms with Gasteiger partial charge in [-0.3, -0.25) is 4.79 Å². The molecule has 1 aromatic rings. The molecule has 1 aliphatic carbocycles. The molecule has 1 fully saturated rings. The molecule has 0 radical (unpaired) electrons. The van der Waals surface area contributed by atoms with Crippen LogP contribution in [0.1, 0.15) is 47.3 Å². The number of carbonyl (C=O) groups is 1. The van der Waals surface area contributed by atoms with Gasteiger partial charge < -0.3 is 16.3 Å². The zero-order valence-corrected chi connectivity index (χ0v) is 12.9. The zero-order chi connectivity index (χ0) is 14.8. The van der Waals surface area contributed by atoms with Gasteiger partial charge in [-0.1, -0.05) is 36.0 Å². The Balaban J connectivity index is 2.24. The van der Waals surface area contributed by atoms with Crippen molar-refractivity contribution < 1.29 is 10.0 Å². The highest BCUT2D eigenvalue weighted by molar-refractivity contribution is 7.13. The minimum absolute atomic E-state index is 0.0648. The Morgan fingerprint density at radius 1 is 1.50 bits per heavy atom. The summed E-state index contributed by atoms with van der Waals surface area (Å²) in [7, 11) is 0. The van der Waals surface area contributed by atoms with Gasteiger partial charge >= 0.3 is 0 Å². The Morgan fingerprint density at radius 2 is 2.15 bits per heavy atom. The van der Waals surface area contributed by atoms with Crippen LogP contribution < -0.4 is 11.1 Å². The molecule has 1 heterocycles. The average Bonchev–Trinajstić information content (AvgIpc) is 2.79. The van der Waals surface area contributed by atoms with Gasteiger partial charge in [0.05, 0.1) is 5.02 Å². The molecule has 0 spiro atoms. The minimum Gasteiger partial charge on any atom is -0.409 e. The second kappa shape index (κ2) is 6.01. The summed E-state index contributed by atoms with van der Waals surface area (Å²) in [6.07, 6.45) is 4.32. The first kappa shape index (κ1) is 15.1. The van der Waals surface area contributed by atoms with E-state index in [4.69, 9.17) is 22.5 Å². The van der Waals surface area contributed by atoms with Gasteiger partial charge in [-0.25, -0.2) is 0 Å². The largest absolute Gasteiger partial charge is 0.409 e. The number of hydrogen-bond donors (Lipinski definition) is 3. The molecule has 0 saturated heterocycles. The fourth-order valence-electron chi connectivity index (χ4n) is 2.55. The summed E-state index contributed by atoms with van der Waals surface area (Å²) in [5.41, 5.74) is 5.93. The number of aryl methyl sites for hydroxylation is 1. The maximum atomic E-state index is 12.4. The van der Waals surface area contributed by atoms with E-state index < -0.39 is 5.54 Å². The lowest BCUT2D eigenvalue weighted by Gasteiger charge is -2.36. The van der Waals surface area contributed by atoms with Crippen LogP contribution in [0, 0.1) is 6.92 Å². The first-order valence-corrected chi connectivity index (χ1v) is 7.80. The van der Waals surface area contributed by atoms with Crippen molar-refractivity contribution >= 4 is 34.7 Å². The number of halogens is 1. The van der Waals surface area contributed by atoms with E-state index in [9.17, 15) is 4.79 Å². The lowest BCUT2D eigenvalue weighted by Crippen LogP contribution is -2.58. The summed E-state index contributed by atoms with van der Waals surface area (Å²) in [5, 5.41) is 17.3. The molecule has 0 aromatic carbocycles. The Hall–Kier alpha value is -1.27. The number of amidine groups is 1. The molecule has 1 aromatic heterocycles. The predicted octanol–water partition coefficient (Wildman–Crippen LogP) is 2.89. The fourth-order valence-corrected chi connectivity index (χ4v) is 3.73. The molecule has 0 unspecified atom stereocenters. The number of hydrogen-bond acceptors (Lipinski definition) is 4. The number of nitrogens with one attached hydrogen (secondary N) is 1. The molecule has 0 aliphatic heterocycles. The van der Waals surface area contributed by atoms with Crippen molar-refractivity contribution in [3.05, 3.63) is 20.8 Å². The smallest absolute Gasteiger partial charge is 0.263 e. The van der Waals surface area contributed by atoms with Gasteiger partial charge in [0.25, 0.3) is 5.91 Å². The molecule has 7 heteroatoms. The molecule has 0 bridgehead atoms. The van der Waals surface area contributed by atoms with Gasteiger partial charge in [0.15, 0.2) is 5.84 Å². The van der Waals surface area contributed by atoms with Crippen molar-refractivity contribution in [2.75, 3.05) is 0 Å². The van der Waals surface area contributed by atoms with E-state index >= 15 is 0 Å². The van der Waals surface area contributed by atoms with Crippen molar-refractivity contribution in [3.8, 4) is 0 Å². The number of rotatable bonds is 3. The van der Waals surface area contributed by atoms with E-state index in [-0.39, 0.29) is 11.7 Å². The lowest BCUT2D eigenvalue weighted by molar-refractivity contribution is 0.0910. The normalized spacial score (nSPS) is 18.8. The third-order valence-corrected chi connectivity index (χ3v) is 5.46. The second-order valence-electron chi connectivity index (χ2n) is 5.14. The van der Waals surface area contributed by atoms with Gasteiger partial charge in [0.1, 0.15) is 10.4 Å². The molecule has 2 rings (SSSR count). The Bertz CT molecular complexity index is 536. The SMILES string of the molecule is Cc1csc(C(=O)NC2(C(N)=NO)CCCCC2)c1Cl. The molecule has 0 atom stereocenters. The number of nitrogens with zero attached hydrogens (tertiary/aromatic N) is 1. The van der Waals surface area contributed by atoms with E-state index in [0.29, 0.717) is 22.7 Å². The van der Waals surface area contributed by atoms with Crippen molar-refractivity contribution in [1.29, 1.82) is 0 Å². The quantitative estimate of drug-likeness (QED) is 0.347. The molecule has 1 amide bonds. The van der Waals surface area contributed by atoms with E-state index in [1.807, 2.05) is 12.3 Å². The fraction of sp³-hybridized carbons (Fsp3) is 0.538. The average molecular weight is 316 g/mol. The van der Waals surface area contributed by atoms with Gasteiger partial charge in [-0.15, -0.1) is 11.3 Å². The Morgan fingerprint density at radius 3 is 2.65 bits per heavy atom. The third kappa shape index (κ3) is 2.76. The van der Waals surface area contributed by atoms with Crippen LogP contribution in [0.25, 0.3) is 0 Å². The third-order valence-electron chi connectivity index (χ3n) is 3.76. The van der Waals surface area contributed by atoms with Gasteiger partial charge in [0.2, 0.25) is 0 Å². The van der Waals surface area contributed by atoms with E-state index in [2.05, 4.69) is 10.5 Å². The number of oxime groups is 1. The molecular weight excluding hydrogens is 298 g/mol. The molecule has 5 nitrogen and oxygen atoms in total. The van der Waals surface area contributed by atoms with Crippen LogP contribution >= 0.6 is 22.9 Å². The van der Waals surface area contributed by atoms with Crippen molar-refractivity contribution in [1.82, 2.24) is 5.32 Å². The number of nitrogens with two attached hydrogens (primary N) is 1. The summed E-state index contributed by atoms with van der Waals surface area (Å²) in [5.74, 6) is -0.198. The summed E-state index contributed by atoms with van der Waals surface area (Å²) in [6, 6.07) is 0. The zero-order valence-electron chi connectivity index (χ0n) is 11.3. The number of thiophene rings is 1. The van der Waals surface area contributed by atoms with Gasteiger partial charge in [-0.2, -0.15) is 0 Å². The summed E-state index contributed by atoms with van der Waals surface area (Å²) in [4.78, 5) is 12.9. The molecule has 1 aliphatic rings. The Labute approximate surface area is 126 Å². The van der Waals surface area contributed by atoms with E-state index in [1.54, 1.807) is 0 Å². The van der Waals surface area contributed by atoms with Gasteiger partial charge in [-0.05, 0) is 30.7 Å². The first-order valence-electron chi connectivity index (χ1n) is 6.54. The molecule has 110 valence electrons. The molecule has 1 saturated carbocycles. The van der Waals surface area contributed by atoms with Crippen LogP contribution in [0.2, 0.25) is 5.02 Å². The van der Waals surface area contributed by atoms with E-state index in [0.717, 1.165) is 24.8 Å². The molecule has 4 N–H and O–H groups in total. The maximum absolute atomic E-state index is 12.4. The summed E-state index contributed by atoms with van der Waals surface area (Å²) in [6.45, 7) is 1.86.